The third-order valence-corrected chi connectivity index (χ3v) is 3.34. The highest BCUT2D eigenvalue weighted by molar-refractivity contribution is 5.31. The molecule has 18 heavy (non-hydrogen) atoms. The first-order chi connectivity index (χ1) is 8.85. The number of likely N-dealkylation sites (N-methyl/N-ethyl adjacent to an activating group) is 1. The molecule has 0 radical (unpaired) electrons. The number of rotatable bonds is 6. The Morgan fingerprint density at radius 2 is 2.39 bits per heavy atom. The molecule has 100 valence electrons. The van der Waals surface area contributed by atoms with Gasteiger partial charge in [-0.15, -0.1) is 0 Å². The summed E-state index contributed by atoms with van der Waals surface area (Å²) < 4.78 is 11.5. The van der Waals surface area contributed by atoms with Crippen LogP contribution in [0.5, 0.6) is 5.75 Å². The van der Waals surface area contributed by atoms with Crippen LogP contribution in [0.15, 0.2) is 24.3 Å². The van der Waals surface area contributed by atoms with Gasteiger partial charge in [0.15, 0.2) is 0 Å². The maximum Gasteiger partial charge on any atom is 0.119 e. The second-order valence-corrected chi connectivity index (χ2v) is 4.74. The van der Waals surface area contributed by atoms with Gasteiger partial charge in [-0.25, -0.2) is 0 Å². The molecule has 2 rings (SSSR count). The summed E-state index contributed by atoms with van der Waals surface area (Å²) in [5.74, 6) is 0.951. The molecule has 0 saturated carbocycles. The molecule has 0 amide bonds. The van der Waals surface area contributed by atoms with Gasteiger partial charge < -0.3 is 14.8 Å². The molecule has 1 aromatic rings. The highest BCUT2D eigenvalue weighted by Gasteiger charge is 2.26. The van der Waals surface area contributed by atoms with E-state index < -0.39 is 0 Å². The number of ether oxygens (including phenoxy) is 2. The number of benzene rings is 1. The zero-order valence-electron chi connectivity index (χ0n) is 11.3. The van der Waals surface area contributed by atoms with E-state index in [1.165, 1.54) is 5.56 Å². The summed E-state index contributed by atoms with van der Waals surface area (Å²) in [5, 5.41) is 3.36. The first-order valence-corrected chi connectivity index (χ1v) is 6.86. The minimum atomic E-state index is 0.262. The number of nitrogens with one attached hydrogen (secondary N) is 1. The zero-order chi connectivity index (χ0) is 12.8. The zero-order valence-corrected chi connectivity index (χ0v) is 11.3. The maximum atomic E-state index is 5.78. The maximum absolute atomic E-state index is 5.78. The molecule has 0 aliphatic carbocycles. The van der Waals surface area contributed by atoms with Crippen molar-refractivity contribution in [3.8, 4) is 5.75 Å². The minimum absolute atomic E-state index is 0.262. The molecule has 1 aliphatic heterocycles. The Balaban J connectivity index is 2.09. The Morgan fingerprint density at radius 3 is 3.06 bits per heavy atom. The fraction of sp³-hybridized carbons (Fsp3) is 0.600. The SMILES string of the molecule is CCCOc1cccc(C(NC)C2CCCO2)c1. The van der Waals surface area contributed by atoms with Crippen molar-refractivity contribution in [2.24, 2.45) is 0 Å². The topological polar surface area (TPSA) is 30.5 Å². The van der Waals surface area contributed by atoms with Crippen molar-refractivity contribution in [1.29, 1.82) is 0 Å². The van der Waals surface area contributed by atoms with Crippen LogP contribution in [0.1, 0.15) is 37.8 Å². The Hall–Kier alpha value is -1.06. The van der Waals surface area contributed by atoms with Gasteiger partial charge in [0.1, 0.15) is 5.75 Å². The first-order valence-electron chi connectivity index (χ1n) is 6.86. The van der Waals surface area contributed by atoms with Crippen LogP contribution in [0.2, 0.25) is 0 Å². The Bertz CT molecular complexity index is 361. The summed E-state index contributed by atoms with van der Waals surface area (Å²) in [6.45, 7) is 3.77. The molecule has 0 aromatic heterocycles. The lowest BCUT2D eigenvalue weighted by Gasteiger charge is -2.23. The van der Waals surface area contributed by atoms with E-state index in [1.807, 2.05) is 13.1 Å². The molecule has 0 bridgehead atoms. The van der Waals surface area contributed by atoms with E-state index in [9.17, 15) is 0 Å². The Kier molecular flexibility index (Phi) is 5.02. The molecule has 0 spiro atoms. The van der Waals surface area contributed by atoms with Crippen LogP contribution in [0.4, 0.5) is 0 Å². The lowest BCUT2D eigenvalue weighted by Crippen LogP contribution is -2.28. The van der Waals surface area contributed by atoms with Crippen LogP contribution >= 0.6 is 0 Å². The average Bonchev–Trinajstić information content (AvgIpc) is 2.92. The van der Waals surface area contributed by atoms with E-state index >= 15 is 0 Å². The predicted octanol–water partition coefficient (Wildman–Crippen LogP) is 2.91. The van der Waals surface area contributed by atoms with Crippen LogP contribution in [-0.4, -0.2) is 26.4 Å². The lowest BCUT2D eigenvalue weighted by atomic mass is 9.99. The van der Waals surface area contributed by atoms with E-state index in [4.69, 9.17) is 9.47 Å². The van der Waals surface area contributed by atoms with Crippen LogP contribution in [0.3, 0.4) is 0 Å². The molecule has 2 unspecified atom stereocenters. The molecule has 1 aliphatic rings. The van der Waals surface area contributed by atoms with Gasteiger partial charge in [-0.2, -0.15) is 0 Å². The third-order valence-electron chi connectivity index (χ3n) is 3.34. The van der Waals surface area contributed by atoms with Crippen molar-refractivity contribution in [3.05, 3.63) is 29.8 Å². The Morgan fingerprint density at radius 1 is 1.50 bits per heavy atom. The van der Waals surface area contributed by atoms with Crippen molar-refractivity contribution in [3.63, 3.8) is 0 Å². The highest BCUT2D eigenvalue weighted by atomic mass is 16.5. The predicted molar refractivity (Wildman–Crippen MR) is 73.0 cm³/mol. The van der Waals surface area contributed by atoms with E-state index in [2.05, 4.69) is 30.4 Å². The fourth-order valence-electron chi connectivity index (χ4n) is 2.45. The van der Waals surface area contributed by atoms with Crippen LogP contribution < -0.4 is 10.1 Å². The third kappa shape index (κ3) is 3.24. The largest absolute Gasteiger partial charge is 0.494 e. The smallest absolute Gasteiger partial charge is 0.119 e. The van der Waals surface area contributed by atoms with Crippen LogP contribution in [0.25, 0.3) is 0 Å². The fourth-order valence-corrected chi connectivity index (χ4v) is 2.45. The summed E-state index contributed by atoms with van der Waals surface area (Å²) in [4.78, 5) is 0. The summed E-state index contributed by atoms with van der Waals surface area (Å²) in [6.07, 6.45) is 3.61. The molecular formula is C15H23NO2. The molecule has 1 N–H and O–H groups in total. The van der Waals surface area contributed by atoms with Gasteiger partial charge in [0.25, 0.3) is 0 Å². The second-order valence-electron chi connectivity index (χ2n) is 4.74. The molecule has 3 nitrogen and oxygen atoms in total. The molecule has 2 atom stereocenters. The van der Waals surface area contributed by atoms with Crippen molar-refractivity contribution in [2.45, 2.75) is 38.3 Å². The van der Waals surface area contributed by atoms with Crippen molar-refractivity contribution < 1.29 is 9.47 Å². The van der Waals surface area contributed by atoms with Crippen LogP contribution in [-0.2, 0) is 4.74 Å². The summed E-state index contributed by atoms with van der Waals surface area (Å²) in [6, 6.07) is 8.60. The minimum Gasteiger partial charge on any atom is -0.494 e. The van der Waals surface area contributed by atoms with E-state index in [0.717, 1.165) is 38.2 Å². The lowest BCUT2D eigenvalue weighted by molar-refractivity contribution is 0.0807. The normalized spacial score (nSPS) is 20.9. The van der Waals surface area contributed by atoms with Gasteiger partial charge in [0.05, 0.1) is 18.8 Å². The summed E-state index contributed by atoms with van der Waals surface area (Å²) >= 11 is 0. The monoisotopic (exact) mass is 249 g/mol. The molecule has 3 heteroatoms. The highest BCUT2D eigenvalue weighted by Crippen LogP contribution is 2.28. The molecular weight excluding hydrogens is 226 g/mol. The van der Waals surface area contributed by atoms with Gasteiger partial charge in [-0.05, 0) is 44.0 Å². The van der Waals surface area contributed by atoms with Crippen molar-refractivity contribution in [1.82, 2.24) is 5.32 Å². The van der Waals surface area contributed by atoms with Gasteiger partial charge >= 0.3 is 0 Å². The number of hydrogen-bond donors (Lipinski definition) is 1. The molecule has 1 heterocycles. The molecule has 1 aromatic carbocycles. The van der Waals surface area contributed by atoms with Gasteiger partial charge in [0, 0.05) is 6.61 Å². The first kappa shape index (κ1) is 13.4. The molecule has 1 fully saturated rings. The summed E-state index contributed by atoms with van der Waals surface area (Å²) in [7, 11) is 1.99. The van der Waals surface area contributed by atoms with E-state index in [-0.39, 0.29) is 12.1 Å². The van der Waals surface area contributed by atoms with Gasteiger partial charge in [0.2, 0.25) is 0 Å². The Labute approximate surface area is 109 Å². The van der Waals surface area contributed by atoms with Gasteiger partial charge in [-0.3, -0.25) is 0 Å². The van der Waals surface area contributed by atoms with E-state index in [1.54, 1.807) is 0 Å². The average molecular weight is 249 g/mol. The van der Waals surface area contributed by atoms with Gasteiger partial charge in [-0.1, -0.05) is 19.1 Å². The van der Waals surface area contributed by atoms with E-state index in [0.29, 0.717) is 0 Å². The molecule has 1 saturated heterocycles. The second kappa shape index (κ2) is 6.76. The van der Waals surface area contributed by atoms with Crippen molar-refractivity contribution in [2.75, 3.05) is 20.3 Å². The number of hydrogen-bond acceptors (Lipinski definition) is 3. The quantitative estimate of drug-likeness (QED) is 0.841. The van der Waals surface area contributed by atoms with Crippen molar-refractivity contribution >= 4 is 0 Å². The summed E-state index contributed by atoms with van der Waals surface area (Å²) in [5.41, 5.74) is 1.25. The standard InChI is InChI=1S/C15H23NO2/c1-3-9-17-13-7-4-6-12(11-13)15(16-2)14-8-5-10-18-14/h4,6-7,11,14-16H,3,5,8-10H2,1-2H3. The van der Waals surface area contributed by atoms with Crippen LogP contribution in [0, 0.1) is 0 Å².